The third-order valence-corrected chi connectivity index (χ3v) is 5.15. The quantitative estimate of drug-likeness (QED) is 0.840. The zero-order valence-corrected chi connectivity index (χ0v) is 14.8. The minimum atomic E-state index is -0.460. The number of thioether (sulfide) groups is 1. The van der Waals surface area contributed by atoms with Crippen LogP contribution >= 0.6 is 23.4 Å². The van der Waals surface area contributed by atoms with Crippen LogP contribution in [0.25, 0.3) is 5.69 Å². The molecule has 0 bridgehead atoms. The summed E-state index contributed by atoms with van der Waals surface area (Å²) >= 11 is 7.43. The Balaban J connectivity index is 1.79. The summed E-state index contributed by atoms with van der Waals surface area (Å²) in [5.74, 6) is -0.244. The number of rotatable bonds is 4. The average Bonchev–Trinajstić information content (AvgIpc) is 3.18. The molecule has 1 aliphatic rings. The van der Waals surface area contributed by atoms with Crippen molar-refractivity contribution in [3.63, 3.8) is 0 Å². The van der Waals surface area contributed by atoms with Crippen molar-refractivity contribution in [1.82, 2.24) is 25.0 Å². The lowest BCUT2D eigenvalue weighted by atomic mass is 10.2. The third-order valence-electron chi connectivity index (χ3n) is 3.70. The fourth-order valence-corrected chi connectivity index (χ4v) is 3.40. The summed E-state index contributed by atoms with van der Waals surface area (Å²) in [6.45, 7) is 4.55. The molecule has 1 aromatic carbocycles. The Morgan fingerprint density at radius 2 is 2.25 bits per heavy atom. The van der Waals surface area contributed by atoms with E-state index in [4.69, 9.17) is 11.6 Å². The summed E-state index contributed by atoms with van der Waals surface area (Å²) < 4.78 is 1.77. The Morgan fingerprint density at radius 1 is 1.46 bits per heavy atom. The second-order valence-corrected chi connectivity index (χ2v) is 7.11. The van der Waals surface area contributed by atoms with Gasteiger partial charge in [0.05, 0.1) is 10.9 Å². The maximum Gasteiger partial charge on any atom is 0.324 e. The smallest absolute Gasteiger partial charge is 0.324 e. The van der Waals surface area contributed by atoms with Gasteiger partial charge >= 0.3 is 6.03 Å². The van der Waals surface area contributed by atoms with E-state index in [0.29, 0.717) is 23.3 Å². The predicted octanol–water partition coefficient (Wildman–Crippen LogP) is 2.26. The maximum absolute atomic E-state index is 12.4. The molecule has 1 aliphatic heterocycles. The van der Waals surface area contributed by atoms with Crippen molar-refractivity contribution in [2.24, 2.45) is 0 Å². The highest BCUT2D eigenvalue weighted by atomic mass is 35.5. The van der Waals surface area contributed by atoms with Crippen molar-refractivity contribution in [2.75, 3.05) is 13.1 Å². The van der Waals surface area contributed by atoms with Gasteiger partial charge in [-0.25, -0.2) is 4.79 Å². The zero-order chi connectivity index (χ0) is 17.3. The molecule has 3 amide bonds. The molecule has 9 heteroatoms. The molecule has 2 heterocycles. The molecule has 24 heavy (non-hydrogen) atoms. The Morgan fingerprint density at radius 3 is 2.92 bits per heavy atom. The van der Waals surface area contributed by atoms with E-state index in [1.165, 1.54) is 16.7 Å². The first kappa shape index (κ1) is 16.8. The lowest BCUT2D eigenvalue weighted by Gasteiger charge is -2.17. The Hall–Kier alpha value is -2.06. The van der Waals surface area contributed by atoms with Gasteiger partial charge in [0.25, 0.3) is 0 Å². The molecule has 7 nitrogen and oxygen atoms in total. The zero-order valence-electron chi connectivity index (χ0n) is 13.2. The topological polar surface area (TPSA) is 80.1 Å². The van der Waals surface area contributed by atoms with E-state index in [2.05, 4.69) is 15.5 Å². The van der Waals surface area contributed by atoms with Crippen LogP contribution < -0.4 is 5.32 Å². The molecule has 1 saturated heterocycles. The monoisotopic (exact) mass is 365 g/mol. The molecule has 0 saturated carbocycles. The molecule has 126 valence electrons. The summed E-state index contributed by atoms with van der Waals surface area (Å²) in [5.41, 5.74) is 1.79. The van der Waals surface area contributed by atoms with Gasteiger partial charge in [0.15, 0.2) is 5.16 Å². The summed E-state index contributed by atoms with van der Waals surface area (Å²) in [5, 5.41) is 11.4. The average molecular weight is 366 g/mol. The summed E-state index contributed by atoms with van der Waals surface area (Å²) in [6.07, 6.45) is 1.57. The van der Waals surface area contributed by atoms with Gasteiger partial charge in [-0.15, -0.1) is 10.2 Å². The first-order valence-electron chi connectivity index (χ1n) is 7.40. The molecular weight excluding hydrogens is 350 g/mol. The van der Waals surface area contributed by atoms with Crippen LogP contribution in [0.15, 0.2) is 29.7 Å². The van der Waals surface area contributed by atoms with E-state index in [0.717, 1.165) is 11.3 Å². The van der Waals surface area contributed by atoms with Crippen molar-refractivity contribution >= 4 is 35.3 Å². The number of imide groups is 1. The Labute approximate surface area is 148 Å². The van der Waals surface area contributed by atoms with Gasteiger partial charge in [-0.1, -0.05) is 29.4 Å². The van der Waals surface area contributed by atoms with Crippen LogP contribution in [0.5, 0.6) is 0 Å². The van der Waals surface area contributed by atoms with Crippen LogP contribution in [-0.4, -0.2) is 49.9 Å². The van der Waals surface area contributed by atoms with E-state index in [9.17, 15) is 9.59 Å². The van der Waals surface area contributed by atoms with E-state index in [-0.39, 0.29) is 11.9 Å². The molecule has 3 rings (SSSR count). The van der Waals surface area contributed by atoms with Gasteiger partial charge in [0.1, 0.15) is 6.33 Å². The predicted molar refractivity (Wildman–Crippen MR) is 91.5 cm³/mol. The van der Waals surface area contributed by atoms with Crippen molar-refractivity contribution < 1.29 is 9.59 Å². The SMILES string of the molecule is Cc1ccc(-n2cnnc2S[C@@H](C)C(=O)N2CCNC2=O)cc1Cl. The summed E-state index contributed by atoms with van der Waals surface area (Å²) in [6, 6.07) is 5.30. The standard InChI is InChI=1S/C15H16ClN5O2S/c1-9-3-4-11(7-12(9)16)21-8-18-19-15(21)24-10(2)13(22)20-6-5-17-14(20)23/h3-4,7-8,10H,5-6H2,1-2H3,(H,17,23)/t10-/m0/s1. The molecular formula is C15H16ClN5O2S. The summed E-state index contributed by atoms with van der Waals surface area (Å²) in [4.78, 5) is 25.2. The van der Waals surface area contributed by atoms with Crippen LogP contribution in [0.4, 0.5) is 4.79 Å². The third kappa shape index (κ3) is 3.25. The fourth-order valence-electron chi connectivity index (χ4n) is 2.32. The number of halogens is 1. The lowest BCUT2D eigenvalue weighted by Crippen LogP contribution is -2.39. The van der Waals surface area contributed by atoms with Crippen LogP contribution in [0.3, 0.4) is 0 Å². The highest BCUT2D eigenvalue weighted by molar-refractivity contribution is 8.00. The maximum atomic E-state index is 12.4. The van der Waals surface area contributed by atoms with Gasteiger partial charge in [-0.3, -0.25) is 14.3 Å². The molecule has 0 radical (unpaired) electrons. The van der Waals surface area contributed by atoms with Crippen molar-refractivity contribution in [2.45, 2.75) is 24.3 Å². The second kappa shape index (κ2) is 6.82. The number of carbonyl (C=O) groups excluding carboxylic acids is 2. The molecule has 2 aromatic rings. The number of hydrogen-bond acceptors (Lipinski definition) is 5. The van der Waals surface area contributed by atoms with Crippen molar-refractivity contribution in [1.29, 1.82) is 0 Å². The normalized spacial score (nSPS) is 15.5. The molecule has 0 aliphatic carbocycles. The lowest BCUT2D eigenvalue weighted by molar-refractivity contribution is -0.126. The molecule has 0 spiro atoms. The van der Waals surface area contributed by atoms with Crippen molar-refractivity contribution in [3.05, 3.63) is 35.1 Å². The number of benzene rings is 1. The second-order valence-electron chi connectivity index (χ2n) is 5.40. The van der Waals surface area contributed by atoms with E-state index >= 15 is 0 Å². The van der Waals surface area contributed by atoms with E-state index in [1.807, 2.05) is 25.1 Å². The Kier molecular flexibility index (Phi) is 4.77. The molecule has 1 fully saturated rings. The van der Waals surface area contributed by atoms with Crippen molar-refractivity contribution in [3.8, 4) is 5.69 Å². The fraction of sp³-hybridized carbons (Fsp3) is 0.333. The molecule has 1 N–H and O–H groups in total. The summed E-state index contributed by atoms with van der Waals surface area (Å²) in [7, 11) is 0. The number of nitrogens with zero attached hydrogens (tertiary/aromatic N) is 4. The first-order chi connectivity index (χ1) is 11.5. The number of urea groups is 1. The van der Waals surface area contributed by atoms with Crippen LogP contribution in [0.1, 0.15) is 12.5 Å². The first-order valence-corrected chi connectivity index (χ1v) is 8.65. The van der Waals surface area contributed by atoms with Crippen LogP contribution in [0.2, 0.25) is 5.02 Å². The number of aromatic nitrogens is 3. The minimum absolute atomic E-state index is 0.244. The van der Waals surface area contributed by atoms with Gasteiger partial charge in [-0.05, 0) is 31.5 Å². The minimum Gasteiger partial charge on any atom is -0.336 e. The van der Waals surface area contributed by atoms with E-state index in [1.54, 1.807) is 17.8 Å². The highest BCUT2D eigenvalue weighted by Crippen LogP contribution is 2.27. The molecule has 0 unspecified atom stereocenters. The van der Waals surface area contributed by atoms with E-state index < -0.39 is 5.25 Å². The number of hydrogen-bond donors (Lipinski definition) is 1. The van der Waals surface area contributed by atoms with Crippen LogP contribution in [0, 0.1) is 6.92 Å². The van der Waals surface area contributed by atoms with Gasteiger partial charge in [0, 0.05) is 18.1 Å². The Bertz CT molecular complexity index is 794. The molecule has 1 atom stereocenters. The highest BCUT2D eigenvalue weighted by Gasteiger charge is 2.31. The van der Waals surface area contributed by atoms with Gasteiger partial charge < -0.3 is 5.32 Å². The number of carbonyl (C=O) groups is 2. The van der Waals surface area contributed by atoms with Gasteiger partial charge in [-0.2, -0.15) is 0 Å². The largest absolute Gasteiger partial charge is 0.336 e. The van der Waals surface area contributed by atoms with Crippen LogP contribution in [-0.2, 0) is 4.79 Å². The number of aryl methyl sites for hydroxylation is 1. The molecule has 1 aromatic heterocycles. The number of amides is 3. The number of nitrogens with one attached hydrogen (secondary N) is 1. The van der Waals surface area contributed by atoms with Gasteiger partial charge in [0.2, 0.25) is 5.91 Å².